The molecule has 1 aliphatic heterocycles. The molecular weight excluding hydrogens is 408 g/mol. The van der Waals surface area contributed by atoms with Gasteiger partial charge < -0.3 is 4.90 Å². The Hall–Kier alpha value is -2.34. The first-order valence-electron chi connectivity index (χ1n) is 10.9. The third-order valence-electron chi connectivity index (χ3n) is 6.69. The minimum absolute atomic E-state index is 0.0741. The number of amides is 1. The Kier molecular flexibility index (Phi) is 5.20. The minimum atomic E-state index is -3.80. The van der Waals surface area contributed by atoms with Crippen LogP contribution in [0.2, 0.25) is 0 Å². The Balaban J connectivity index is 1.59. The normalized spacial score (nSPS) is 24.8. The first-order chi connectivity index (χ1) is 14.4. The van der Waals surface area contributed by atoms with Crippen molar-refractivity contribution in [3.05, 3.63) is 59.2 Å². The first-order valence-corrected chi connectivity index (χ1v) is 12.4. The van der Waals surface area contributed by atoms with Gasteiger partial charge in [-0.3, -0.25) is 9.52 Å². The van der Waals surface area contributed by atoms with Crippen LogP contribution in [0.5, 0.6) is 0 Å². The predicted molar refractivity (Wildman–Crippen MR) is 124 cm³/mol. The highest BCUT2D eigenvalue weighted by molar-refractivity contribution is 7.92. The Morgan fingerprint density at radius 1 is 1.06 bits per heavy atom. The number of hydrogen-bond donors (Lipinski definition) is 1. The summed E-state index contributed by atoms with van der Waals surface area (Å²) in [6.07, 6.45) is 3.11. The van der Waals surface area contributed by atoms with Crippen LogP contribution in [0, 0.1) is 24.7 Å². The van der Waals surface area contributed by atoms with Crippen LogP contribution in [0.4, 0.5) is 5.69 Å². The van der Waals surface area contributed by atoms with Gasteiger partial charge in [0.1, 0.15) is 0 Å². The molecular formula is C25H32N2O3S. The van der Waals surface area contributed by atoms with E-state index in [1.165, 1.54) is 12.1 Å². The minimum Gasteiger partial charge on any atom is -0.335 e. The topological polar surface area (TPSA) is 66.5 Å². The van der Waals surface area contributed by atoms with Crippen molar-refractivity contribution >= 4 is 21.6 Å². The van der Waals surface area contributed by atoms with Crippen LogP contribution in [-0.4, -0.2) is 31.8 Å². The van der Waals surface area contributed by atoms with Crippen LogP contribution < -0.4 is 4.72 Å². The second-order valence-corrected chi connectivity index (χ2v) is 12.3. The second kappa shape index (κ2) is 7.37. The van der Waals surface area contributed by atoms with Crippen LogP contribution in [-0.2, 0) is 10.0 Å². The molecule has 0 radical (unpaired) electrons. The van der Waals surface area contributed by atoms with Crippen molar-refractivity contribution in [3.63, 3.8) is 0 Å². The SMILES string of the molecule is Cc1ccc(NS(=O)(=O)c2cccc(C(=O)N3CC4(C)CC3CC(C)(C)C4)c2)c(C)c1. The summed E-state index contributed by atoms with van der Waals surface area (Å²) in [5, 5.41) is 0. The van der Waals surface area contributed by atoms with Crippen molar-refractivity contribution in [2.45, 2.75) is 64.8 Å². The molecule has 1 amide bonds. The zero-order valence-electron chi connectivity index (χ0n) is 19.0. The average molecular weight is 441 g/mol. The number of aryl methyl sites for hydroxylation is 2. The number of carbonyl (C=O) groups excluding carboxylic acids is 1. The maximum absolute atomic E-state index is 13.4. The van der Waals surface area contributed by atoms with Gasteiger partial charge in [0, 0.05) is 18.2 Å². The molecule has 2 atom stereocenters. The molecule has 5 nitrogen and oxygen atoms in total. The summed E-state index contributed by atoms with van der Waals surface area (Å²) < 4.78 is 28.7. The van der Waals surface area contributed by atoms with E-state index < -0.39 is 10.0 Å². The van der Waals surface area contributed by atoms with Gasteiger partial charge in [0.25, 0.3) is 15.9 Å². The van der Waals surface area contributed by atoms with Gasteiger partial charge in [0.2, 0.25) is 0 Å². The Morgan fingerprint density at radius 2 is 1.81 bits per heavy atom. The largest absolute Gasteiger partial charge is 0.335 e. The Labute approximate surface area is 185 Å². The van der Waals surface area contributed by atoms with Crippen LogP contribution in [0.25, 0.3) is 0 Å². The molecule has 1 heterocycles. The van der Waals surface area contributed by atoms with Gasteiger partial charge in [0.15, 0.2) is 0 Å². The van der Waals surface area contributed by atoms with Gasteiger partial charge >= 0.3 is 0 Å². The van der Waals surface area contributed by atoms with E-state index in [0.29, 0.717) is 11.3 Å². The van der Waals surface area contributed by atoms with Gasteiger partial charge in [-0.05, 0) is 73.8 Å². The summed E-state index contributed by atoms with van der Waals surface area (Å²) in [6.45, 7) is 11.4. The Morgan fingerprint density at radius 3 is 2.52 bits per heavy atom. The van der Waals surface area contributed by atoms with Crippen LogP contribution in [0.3, 0.4) is 0 Å². The zero-order valence-corrected chi connectivity index (χ0v) is 19.8. The number of anilines is 1. The third kappa shape index (κ3) is 4.36. The molecule has 2 fully saturated rings. The fourth-order valence-corrected chi connectivity index (χ4v) is 6.97. The molecule has 2 bridgehead atoms. The van der Waals surface area contributed by atoms with E-state index in [-0.39, 0.29) is 27.7 Å². The highest BCUT2D eigenvalue weighted by atomic mass is 32.2. The van der Waals surface area contributed by atoms with Gasteiger partial charge in [-0.25, -0.2) is 8.42 Å². The zero-order chi connectivity index (χ0) is 22.6. The molecule has 0 spiro atoms. The molecule has 6 heteroatoms. The molecule has 1 N–H and O–H groups in total. The van der Waals surface area contributed by atoms with E-state index in [1.54, 1.807) is 18.2 Å². The summed E-state index contributed by atoms with van der Waals surface area (Å²) in [5.74, 6) is -0.0741. The van der Waals surface area contributed by atoms with Crippen LogP contribution in [0.15, 0.2) is 47.4 Å². The molecule has 1 aliphatic carbocycles. The summed E-state index contributed by atoms with van der Waals surface area (Å²) in [5.41, 5.74) is 3.25. The van der Waals surface area contributed by atoms with Crippen molar-refractivity contribution < 1.29 is 13.2 Å². The number of rotatable bonds is 4. The number of nitrogens with zero attached hydrogens (tertiary/aromatic N) is 1. The summed E-state index contributed by atoms with van der Waals surface area (Å²) in [6, 6.07) is 12.2. The number of fused-ring (bicyclic) bond motifs is 2. The number of likely N-dealkylation sites (tertiary alicyclic amines) is 1. The fraction of sp³-hybridized carbons (Fsp3) is 0.480. The first kappa shape index (κ1) is 21.9. The number of benzene rings is 2. The standard InChI is InChI=1S/C25H32N2O3S/c1-17-9-10-22(18(2)11-17)26-31(29,30)21-8-6-7-19(12-21)23(28)27-16-25(5)14-20(27)13-24(3,4)15-25/h6-12,20,26H,13-16H2,1-5H3. The van der Waals surface area contributed by atoms with Crippen LogP contribution in [0.1, 0.15) is 61.5 Å². The molecule has 1 saturated heterocycles. The number of hydrogen-bond acceptors (Lipinski definition) is 3. The quantitative estimate of drug-likeness (QED) is 0.715. The molecule has 1 saturated carbocycles. The average Bonchev–Trinajstić information content (AvgIpc) is 2.92. The maximum Gasteiger partial charge on any atom is 0.261 e. The molecule has 2 aliphatic rings. The van der Waals surface area contributed by atoms with E-state index in [9.17, 15) is 13.2 Å². The lowest BCUT2D eigenvalue weighted by Gasteiger charge is -2.39. The summed E-state index contributed by atoms with van der Waals surface area (Å²) >= 11 is 0. The Bertz CT molecular complexity index is 1140. The lowest BCUT2D eigenvalue weighted by Crippen LogP contribution is -2.37. The van der Waals surface area contributed by atoms with Gasteiger partial charge in [-0.1, -0.05) is 44.5 Å². The molecule has 4 rings (SSSR count). The fourth-order valence-electron chi connectivity index (χ4n) is 5.79. The van der Waals surface area contributed by atoms with Crippen LogP contribution >= 0.6 is 0 Å². The van der Waals surface area contributed by atoms with Gasteiger partial charge in [-0.2, -0.15) is 0 Å². The molecule has 2 aromatic carbocycles. The predicted octanol–water partition coefficient (Wildman–Crippen LogP) is 5.15. The smallest absolute Gasteiger partial charge is 0.261 e. The number of carbonyl (C=O) groups is 1. The van der Waals surface area contributed by atoms with Crippen molar-refractivity contribution in [2.24, 2.45) is 10.8 Å². The van der Waals surface area contributed by atoms with Crippen molar-refractivity contribution in [3.8, 4) is 0 Å². The van der Waals surface area contributed by atoms with E-state index in [2.05, 4.69) is 25.5 Å². The lowest BCUT2D eigenvalue weighted by atomic mass is 9.65. The maximum atomic E-state index is 13.4. The second-order valence-electron chi connectivity index (χ2n) is 10.6. The van der Waals surface area contributed by atoms with Gasteiger partial charge in [0.05, 0.1) is 10.6 Å². The van der Waals surface area contributed by atoms with Crippen molar-refractivity contribution in [2.75, 3.05) is 11.3 Å². The van der Waals surface area contributed by atoms with E-state index in [4.69, 9.17) is 0 Å². The van der Waals surface area contributed by atoms with E-state index in [1.807, 2.05) is 30.9 Å². The lowest BCUT2D eigenvalue weighted by molar-refractivity contribution is 0.0708. The summed E-state index contributed by atoms with van der Waals surface area (Å²) in [7, 11) is -3.80. The van der Waals surface area contributed by atoms with E-state index in [0.717, 1.165) is 36.9 Å². The monoisotopic (exact) mass is 440 g/mol. The number of sulfonamides is 1. The summed E-state index contributed by atoms with van der Waals surface area (Å²) in [4.78, 5) is 15.5. The van der Waals surface area contributed by atoms with Crippen molar-refractivity contribution in [1.82, 2.24) is 4.90 Å². The highest BCUT2D eigenvalue weighted by Gasteiger charge is 2.51. The number of nitrogens with one attached hydrogen (secondary N) is 1. The molecule has 2 aromatic rings. The molecule has 166 valence electrons. The van der Waals surface area contributed by atoms with Gasteiger partial charge in [-0.15, -0.1) is 0 Å². The highest BCUT2D eigenvalue weighted by Crippen LogP contribution is 2.52. The molecule has 2 unspecified atom stereocenters. The molecule has 0 aromatic heterocycles. The third-order valence-corrected chi connectivity index (χ3v) is 8.06. The van der Waals surface area contributed by atoms with E-state index >= 15 is 0 Å². The van der Waals surface area contributed by atoms with Crippen molar-refractivity contribution in [1.29, 1.82) is 0 Å². The molecule has 31 heavy (non-hydrogen) atoms.